The molecule has 13 nitrogen and oxygen atoms in total. The van der Waals surface area contributed by atoms with Crippen LogP contribution in [-0.4, -0.2) is 92.1 Å². The number of benzene rings is 2. The molecule has 63 heavy (non-hydrogen) atoms. The average Bonchev–Trinajstić information content (AvgIpc) is 4.10. The summed E-state index contributed by atoms with van der Waals surface area (Å²) in [6.07, 6.45) is 15.9. The second kappa shape index (κ2) is 17.6. The second-order valence-electron chi connectivity index (χ2n) is 16.7. The Balaban J connectivity index is 0.000000153. The van der Waals surface area contributed by atoms with E-state index in [0.29, 0.717) is 25.9 Å². The molecule has 0 saturated carbocycles. The molecule has 3 N–H and O–H groups in total. The Morgan fingerprint density at radius 1 is 0.730 bits per heavy atom. The van der Waals surface area contributed by atoms with Crippen LogP contribution in [0.15, 0.2) is 56.7 Å². The Hall–Kier alpha value is -4.94. The number of anilines is 4. The summed E-state index contributed by atoms with van der Waals surface area (Å²) in [6.45, 7) is 6.95. The zero-order valence-electron chi connectivity index (χ0n) is 35.4. The number of aryl methyl sites for hydroxylation is 2. The van der Waals surface area contributed by atoms with Crippen molar-refractivity contribution in [2.75, 3.05) is 36.2 Å². The highest BCUT2D eigenvalue weighted by Crippen LogP contribution is 2.44. The predicted octanol–water partition coefficient (Wildman–Crippen LogP) is 9.11. The van der Waals surface area contributed by atoms with E-state index < -0.39 is 5.97 Å². The van der Waals surface area contributed by atoms with Gasteiger partial charge in [0, 0.05) is 51.0 Å². The SMILES string of the molecule is CSc1cc2c(cc1Nc1ncnc3sc4c(c13)CC[C@H](C(=O)N1C[C@@H](C)O[C@@H](C)C1)C4)C=NC2.CSc1cc2c(cc1Nc1ncnc3sc4c(c13)CC[C@H](C(=O)O)C4)C=NC2. The van der Waals surface area contributed by atoms with Gasteiger partial charge in [0.1, 0.15) is 34.0 Å². The highest BCUT2D eigenvalue weighted by Gasteiger charge is 2.35. The maximum absolute atomic E-state index is 13.4. The monoisotopic (exact) mass is 917 g/mol. The zero-order valence-corrected chi connectivity index (χ0v) is 38.7. The van der Waals surface area contributed by atoms with Crippen LogP contribution >= 0.6 is 46.2 Å². The van der Waals surface area contributed by atoms with E-state index in [4.69, 9.17) is 4.74 Å². The van der Waals surface area contributed by atoms with Crippen LogP contribution in [0.3, 0.4) is 0 Å². The number of aliphatic imine (C=N–C) groups is 2. The standard InChI is InChI=1S/C26H29N5O2S2.C20H18N4O2S2/c1-14-11-31(12-15(2)33-14)26(32)16-4-5-19-21(7-16)35-25-23(19)24(28-13-29-25)30-20-6-17-9-27-10-18(17)8-22(20)34-3;1-27-16-6-12-8-21-7-11(12)4-14(16)24-18-17-13-3-2-10(20(25)26)5-15(13)28-19(17)23-9-22-18/h6,8-9,13-16H,4-5,7,10-12H2,1-3H3,(H,28,29,30);4,6-7,9-10H,2-3,5,8H2,1H3,(H,25,26)(H,22,23,24)/t14-,15+,16-;10-/m00/s1. The van der Waals surface area contributed by atoms with Crippen molar-refractivity contribution in [1.82, 2.24) is 24.8 Å². The van der Waals surface area contributed by atoms with Gasteiger partial charge in [0.15, 0.2) is 0 Å². The third-order valence-electron chi connectivity index (χ3n) is 12.5. The Morgan fingerprint density at radius 3 is 1.71 bits per heavy atom. The third kappa shape index (κ3) is 8.22. The molecule has 0 bridgehead atoms. The average molecular weight is 918 g/mol. The van der Waals surface area contributed by atoms with E-state index in [9.17, 15) is 14.7 Å². The topological polar surface area (TPSA) is 167 Å². The molecular weight excluding hydrogens is 871 g/mol. The molecule has 6 aromatic rings. The van der Waals surface area contributed by atoms with Gasteiger partial charge < -0.3 is 25.4 Å². The van der Waals surface area contributed by atoms with Gasteiger partial charge in [0.25, 0.3) is 0 Å². The number of carboxylic acid groups (broad SMARTS) is 1. The van der Waals surface area contributed by atoms with Crippen molar-refractivity contribution < 1.29 is 19.4 Å². The number of rotatable bonds is 8. The van der Waals surface area contributed by atoms with Gasteiger partial charge in [-0.3, -0.25) is 19.6 Å². The first-order chi connectivity index (χ1) is 30.6. The van der Waals surface area contributed by atoms with Crippen LogP contribution in [0, 0.1) is 11.8 Å². The van der Waals surface area contributed by atoms with Crippen molar-refractivity contribution >= 4 is 114 Å². The summed E-state index contributed by atoms with van der Waals surface area (Å²) in [4.78, 5) is 60.4. The molecule has 0 unspecified atom stereocenters. The molecule has 11 rings (SSSR count). The van der Waals surface area contributed by atoms with Crippen LogP contribution < -0.4 is 10.6 Å². The maximum Gasteiger partial charge on any atom is 0.306 e. The highest BCUT2D eigenvalue weighted by atomic mass is 32.2. The van der Waals surface area contributed by atoms with Gasteiger partial charge in [0.2, 0.25) is 5.91 Å². The van der Waals surface area contributed by atoms with Gasteiger partial charge in [-0.05, 0) is 123 Å². The minimum absolute atomic E-state index is 0.0246. The molecule has 324 valence electrons. The zero-order chi connectivity index (χ0) is 43.4. The van der Waals surface area contributed by atoms with E-state index >= 15 is 0 Å². The summed E-state index contributed by atoms with van der Waals surface area (Å²) in [5.41, 5.74) is 9.38. The van der Waals surface area contributed by atoms with Crippen LogP contribution in [0.2, 0.25) is 0 Å². The quantitative estimate of drug-likeness (QED) is 0.124. The Kier molecular flexibility index (Phi) is 11.7. The molecule has 0 radical (unpaired) electrons. The fourth-order valence-corrected chi connectivity index (χ4v) is 13.2. The molecule has 17 heteroatoms. The normalized spacial score (nSPS) is 20.8. The number of amides is 1. The lowest BCUT2D eigenvalue weighted by molar-refractivity contribution is -0.147. The van der Waals surface area contributed by atoms with Crippen LogP contribution in [0.5, 0.6) is 0 Å². The number of thiophene rings is 2. The molecule has 4 aromatic heterocycles. The van der Waals surface area contributed by atoms with Crippen LogP contribution in [-0.2, 0) is 53.1 Å². The van der Waals surface area contributed by atoms with Crippen molar-refractivity contribution in [3.63, 3.8) is 0 Å². The number of fused-ring (bicyclic) bond motifs is 8. The highest BCUT2D eigenvalue weighted by molar-refractivity contribution is 7.99. The van der Waals surface area contributed by atoms with Gasteiger partial charge in [0.05, 0.1) is 53.4 Å². The number of morpholine rings is 1. The van der Waals surface area contributed by atoms with Crippen molar-refractivity contribution in [2.24, 2.45) is 21.8 Å². The maximum atomic E-state index is 13.4. The summed E-state index contributed by atoms with van der Waals surface area (Å²) >= 11 is 6.73. The largest absolute Gasteiger partial charge is 0.481 e. The molecule has 2 aliphatic carbocycles. The van der Waals surface area contributed by atoms with Crippen LogP contribution in [0.1, 0.15) is 69.8 Å². The molecular formula is C46H47N9O4S4. The Labute approximate surface area is 381 Å². The number of carbonyl (C=O) groups is 2. The van der Waals surface area contributed by atoms with E-state index in [1.54, 1.807) is 58.9 Å². The molecule has 4 atom stereocenters. The molecule has 1 saturated heterocycles. The Morgan fingerprint density at radius 2 is 1.22 bits per heavy atom. The molecule has 0 spiro atoms. The van der Waals surface area contributed by atoms with E-state index in [-0.39, 0.29) is 30.0 Å². The first-order valence-corrected chi connectivity index (χ1v) is 25.3. The lowest BCUT2D eigenvalue weighted by atomic mass is 9.86. The first kappa shape index (κ1) is 42.0. The third-order valence-corrected chi connectivity index (χ3v) is 16.4. The minimum atomic E-state index is -0.711. The number of aromatic nitrogens is 4. The summed E-state index contributed by atoms with van der Waals surface area (Å²) < 4.78 is 5.83. The molecule has 3 aliphatic heterocycles. The summed E-state index contributed by atoms with van der Waals surface area (Å²) in [7, 11) is 0. The van der Waals surface area contributed by atoms with Crippen molar-refractivity contribution in [3.05, 3.63) is 80.1 Å². The van der Waals surface area contributed by atoms with Crippen LogP contribution in [0.4, 0.5) is 23.0 Å². The molecule has 1 amide bonds. The van der Waals surface area contributed by atoms with Gasteiger partial charge in [-0.25, -0.2) is 19.9 Å². The van der Waals surface area contributed by atoms with Crippen LogP contribution in [0.25, 0.3) is 20.4 Å². The number of carboxylic acids is 1. The number of nitrogens with one attached hydrogen (secondary N) is 2. The molecule has 5 aliphatic rings. The predicted molar refractivity (Wildman–Crippen MR) is 256 cm³/mol. The minimum Gasteiger partial charge on any atom is -0.481 e. The number of hydrogen-bond acceptors (Lipinski definition) is 15. The van der Waals surface area contributed by atoms with E-state index in [1.165, 1.54) is 32.0 Å². The van der Waals surface area contributed by atoms with Crippen molar-refractivity contribution in [3.8, 4) is 0 Å². The fourth-order valence-electron chi connectivity index (χ4n) is 9.51. The number of ether oxygens (including phenoxy) is 1. The number of hydrogen-bond donors (Lipinski definition) is 3. The van der Waals surface area contributed by atoms with Crippen molar-refractivity contribution in [1.29, 1.82) is 0 Å². The molecule has 2 aromatic carbocycles. The first-order valence-electron chi connectivity index (χ1n) is 21.3. The van der Waals surface area contributed by atoms with Crippen molar-refractivity contribution in [2.45, 2.75) is 87.5 Å². The smallest absolute Gasteiger partial charge is 0.306 e. The summed E-state index contributed by atoms with van der Waals surface area (Å²) in [6, 6.07) is 8.71. The summed E-state index contributed by atoms with van der Waals surface area (Å²) in [5, 5.41) is 18.6. The molecule has 7 heterocycles. The lowest BCUT2D eigenvalue weighted by Gasteiger charge is -2.37. The number of nitrogens with zero attached hydrogens (tertiary/aromatic N) is 7. The number of aliphatic carboxylic acids is 1. The lowest BCUT2D eigenvalue weighted by Crippen LogP contribution is -2.50. The van der Waals surface area contributed by atoms with Gasteiger partial charge in [-0.15, -0.1) is 46.2 Å². The fraction of sp³-hybridized carbons (Fsp3) is 0.391. The summed E-state index contributed by atoms with van der Waals surface area (Å²) in [5.74, 6) is 0.918. The van der Waals surface area contributed by atoms with Gasteiger partial charge >= 0.3 is 5.97 Å². The van der Waals surface area contributed by atoms with Gasteiger partial charge in [-0.2, -0.15) is 0 Å². The van der Waals surface area contributed by atoms with E-state index in [1.807, 2.05) is 31.2 Å². The van der Waals surface area contributed by atoms with E-state index in [0.717, 1.165) is 103 Å². The Bertz CT molecular complexity index is 2850. The number of carbonyl (C=O) groups excluding carboxylic acids is 1. The number of thioether (sulfide) groups is 2. The second-order valence-corrected chi connectivity index (χ2v) is 20.6. The van der Waals surface area contributed by atoms with Gasteiger partial charge in [-0.1, -0.05) is 0 Å². The molecule has 1 fully saturated rings. The van der Waals surface area contributed by atoms with E-state index in [2.05, 4.69) is 77.3 Å².